The lowest BCUT2D eigenvalue weighted by molar-refractivity contribution is -0.149. The van der Waals surface area contributed by atoms with E-state index in [-0.39, 0.29) is 0 Å². The van der Waals surface area contributed by atoms with Crippen molar-refractivity contribution >= 4 is 0 Å². The zero-order valence-corrected chi connectivity index (χ0v) is 11.7. The summed E-state index contributed by atoms with van der Waals surface area (Å²) >= 11 is 0. The van der Waals surface area contributed by atoms with Gasteiger partial charge in [-0.3, -0.25) is 9.80 Å². The monoisotopic (exact) mass is 283 g/mol. The number of piperazine rings is 1. The van der Waals surface area contributed by atoms with Crippen molar-refractivity contribution in [1.29, 1.82) is 0 Å². The van der Waals surface area contributed by atoms with E-state index in [0.29, 0.717) is 38.8 Å². The van der Waals surface area contributed by atoms with Crippen LogP contribution in [0.3, 0.4) is 0 Å². The molecule has 0 amide bonds. The van der Waals surface area contributed by atoms with Gasteiger partial charge in [0.1, 0.15) is 0 Å². The molecule has 4 nitrogen and oxygen atoms in total. The number of hydrogen-bond acceptors (Lipinski definition) is 4. The maximum Gasteiger partial charge on any atom is 0.401 e. The summed E-state index contributed by atoms with van der Waals surface area (Å²) in [5, 5.41) is 3.27. The van der Waals surface area contributed by atoms with Gasteiger partial charge in [0.05, 0.1) is 13.2 Å². The highest BCUT2D eigenvalue weighted by atomic mass is 19.4. The highest BCUT2D eigenvalue weighted by Crippen LogP contribution is 2.17. The minimum absolute atomic E-state index is 0.338. The number of rotatable bonds is 7. The molecule has 1 heterocycles. The van der Waals surface area contributed by atoms with E-state index in [1.54, 1.807) is 7.11 Å². The van der Waals surface area contributed by atoms with Crippen LogP contribution in [0.5, 0.6) is 0 Å². The predicted molar refractivity (Wildman–Crippen MR) is 68.3 cm³/mol. The van der Waals surface area contributed by atoms with Crippen LogP contribution in [-0.2, 0) is 4.74 Å². The van der Waals surface area contributed by atoms with Crippen LogP contribution < -0.4 is 5.32 Å². The first-order chi connectivity index (χ1) is 8.92. The summed E-state index contributed by atoms with van der Waals surface area (Å²) in [5.74, 6) is 0. The van der Waals surface area contributed by atoms with Crippen LogP contribution in [0.4, 0.5) is 13.2 Å². The van der Waals surface area contributed by atoms with Crippen LogP contribution in [-0.4, -0.2) is 81.5 Å². The van der Waals surface area contributed by atoms with Crippen molar-refractivity contribution in [2.45, 2.75) is 19.1 Å². The van der Waals surface area contributed by atoms with Crippen molar-refractivity contribution in [1.82, 2.24) is 15.1 Å². The highest BCUT2D eigenvalue weighted by Gasteiger charge is 2.32. The van der Waals surface area contributed by atoms with Gasteiger partial charge in [-0.15, -0.1) is 0 Å². The summed E-state index contributed by atoms with van der Waals surface area (Å²) in [6.07, 6.45) is -4.09. The van der Waals surface area contributed by atoms with E-state index in [1.165, 1.54) is 4.90 Å². The fraction of sp³-hybridized carbons (Fsp3) is 1.00. The molecule has 1 atom stereocenters. The lowest BCUT2D eigenvalue weighted by atomic mass is 10.2. The van der Waals surface area contributed by atoms with Gasteiger partial charge in [-0.25, -0.2) is 0 Å². The lowest BCUT2D eigenvalue weighted by Crippen LogP contribution is -2.53. The van der Waals surface area contributed by atoms with E-state index < -0.39 is 12.7 Å². The van der Waals surface area contributed by atoms with Gasteiger partial charge in [-0.2, -0.15) is 13.2 Å². The molecule has 114 valence electrons. The standard InChI is InChI=1S/C12H24F3N3O/c1-11(9-16-3-8-19-2)18-6-4-17(5-7-18)10-12(13,14)15/h11,16H,3-10H2,1-2H3. The minimum Gasteiger partial charge on any atom is -0.383 e. The average Bonchev–Trinajstić information content (AvgIpc) is 2.33. The van der Waals surface area contributed by atoms with Crippen molar-refractivity contribution in [3.8, 4) is 0 Å². The summed E-state index contributed by atoms with van der Waals surface area (Å²) < 4.78 is 41.7. The fourth-order valence-electron chi connectivity index (χ4n) is 2.23. The molecule has 0 bridgehead atoms. The molecule has 0 radical (unpaired) electrons. The Kier molecular flexibility index (Phi) is 7.06. The first-order valence-electron chi connectivity index (χ1n) is 6.65. The molecular formula is C12H24F3N3O. The molecule has 1 N–H and O–H groups in total. The Morgan fingerprint density at radius 2 is 1.84 bits per heavy atom. The van der Waals surface area contributed by atoms with E-state index in [0.717, 1.165) is 13.1 Å². The number of alkyl halides is 3. The van der Waals surface area contributed by atoms with Gasteiger partial charge in [-0.1, -0.05) is 0 Å². The lowest BCUT2D eigenvalue weighted by Gasteiger charge is -2.38. The fourth-order valence-corrected chi connectivity index (χ4v) is 2.23. The van der Waals surface area contributed by atoms with Crippen LogP contribution in [0.25, 0.3) is 0 Å². The summed E-state index contributed by atoms with van der Waals surface area (Å²) in [6, 6.07) is 0.338. The van der Waals surface area contributed by atoms with Crippen molar-refractivity contribution in [3.63, 3.8) is 0 Å². The minimum atomic E-state index is -4.09. The maximum atomic E-state index is 12.3. The second kappa shape index (κ2) is 8.04. The zero-order valence-electron chi connectivity index (χ0n) is 11.7. The van der Waals surface area contributed by atoms with E-state index in [9.17, 15) is 13.2 Å². The summed E-state index contributed by atoms with van der Waals surface area (Å²) in [6.45, 7) is 5.99. The topological polar surface area (TPSA) is 27.7 Å². The van der Waals surface area contributed by atoms with Crippen LogP contribution in [0, 0.1) is 0 Å². The summed E-state index contributed by atoms with van der Waals surface area (Å²) in [7, 11) is 1.66. The van der Waals surface area contributed by atoms with Crippen molar-refractivity contribution in [3.05, 3.63) is 0 Å². The van der Waals surface area contributed by atoms with Crippen molar-refractivity contribution in [2.75, 3.05) is 59.5 Å². The van der Waals surface area contributed by atoms with Gasteiger partial charge in [-0.05, 0) is 6.92 Å². The van der Waals surface area contributed by atoms with Crippen LogP contribution >= 0.6 is 0 Å². The molecule has 0 saturated carbocycles. The highest BCUT2D eigenvalue weighted by molar-refractivity contribution is 4.78. The largest absolute Gasteiger partial charge is 0.401 e. The normalized spacial score (nSPS) is 20.7. The van der Waals surface area contributed by atoms with E-state index in [1.807, 2.05) is 0 Å². The Morgan fingerprint density at radius 1 is 1.21 bits per heavy atom. The number of nitrogens with zero attached hydrogens (tertiary/aromatic N) is 2. The SMILES string of the molecule is COCCNCC(C)N1CCN(CC(F)(F)F)CC1. The molecule has 1 unspecified atom stereocenters. The molecule has 1 aliphatic rings. The van der Waals surface area contributed by atoms with Gasteiger partial charge in [0.25, 0.3) is 0 Å². The van der Waals surface area contributed by atoms with Gasteiger partial charge in [0, 0.05) is 52.4 Å². The van der Waals surface area contributed by atoms with Gasteiger partial charge in [0.2, 0.25) is 0 Å². The predicted octanol–water partition coefficient (Wildman–Crippen LogP) is 0.791. The Labute approximate surface area is 112 Å². The van der Waals surface area contributed by atoms with Gasteiger partial charge in [0.15, 0.2) is 0 Å². The third kappa shape index (κ3) is 7.10. The molecule has 1 aliphatic heterocycles. The van der Waals surface area contributed by atoms with E-state index in [4.69, 9.17) is 4.74 Å². The molecule has 1 saturated heterocycles. The number of ether oxygens (including phenoxy) is 1. The third-order valence-corrected chi connectivity index (χ3v) is 3.36. The van der Waals surface area contributed by atoms with Crippen LogP contribution in [0.2, 0.25) is 0 Å². The Hall–Kier alpha value is -0.370. The van der Waals surface area contributed by atoms with Crippen molar-refractivity contribution in [2.24, 2.45) is 0 Å². The number of halogens is 3. The molecule has 0 aromatic carbocycles. The molecule has 0 aliphatic carbocycles. The number of nitrogens with one attached hydrogen (secondary N) is 1. The molecule has 1 fully saturated rings. The van der Waals surface area contributed by atoms with Crippen LogP contribution in [0.15, 0.2) is 0 Å². The maximum absolute atomic E-state index is 12.3. The van der Waals surface area contributed by atoms with Crippen molar-refractivity contribution < 1.29 is 17.9 Å². The first kappa shape index (κ1) is 16.7. The quantitative estimate of drug-likeness (QED) is 0.699. The second-order valence-electron chi connectivity index (χ2n) is 4.97. The Bertz CT molecular complexity index is 243. The second-order valence-corrected chi connectivity index (χ2v) is 4.97. The van der Waals surface area contributed by atoms with Gasteiger partial charge >= 0.3 is 6.18 Å². The third-order valence-electron chi connectivity index (χ3n) is 3.36. The first-order valence-corrected chi connectivity index (χ1v) is 6.65. The molecule has 1 rings (SSSR count). The summed E-state index contributed by atoms with van der Waals surface area (Å²) in [5.41, 5.74) is 0. The zero-order chi connectivity index (χ0) is 14.3. The average molecular weight is 283 g/mol. The molecule has 0 aromatic rings. The Balaban J connectivity index is 2.18. The molecule has 0 spiro atoms. The van der Waals surface area contributed by atoms with Gasteiger partial charge < -0.3 is 10.1 Å². The number of hydrogen-bond donors (Lipinski definition) is 1. The van der Waals surface area contributed by atoms with E-state index >= 15 is 0 Å². The molecular weight excluding hydrogens is 259 g/mol. The Morgan fingerprint density at radius 3 is 2.37 bits per heavy atom. The smallest absolute Gasteiger partial charge is 0.383 e. The van der Waals surface area contributed by atoms with Crippen LogP contribution in [0.1, 0.15) is 6.92 Å². The van der Waals surface area contributed by atoms with E-state index in [2.05, 4.69) is 17.1 Å². The summed E-state index contributed by atoms with van der Waals surface area (Å²) in [4.78, 5) is 3.70. The number of methoxy groups -OCH3 is 1. The molecule has 19 heavy (non-hydrogen) atoms. The molecule has 7 heteroatoms. The molecule has 0 aromatic heterocycles.